The van der Waals surface area contributed by atoms with Crippen LogP contribution in [0.15, 0.2) is 53.4 Å². The van der Waals surface area contributed by atoms with Gasteiger partial charge in [-0.15, -0.1) is 11.8 Å². The van der Waals surface area contributed by atoms with Crippen LogP contribution in [-0.2, 0) is 0 Å². The van der Waals surface area contributed by atoms with Crippen LogP contribution in [0, 0.1) is 0 Å². The average molecular weight is 491 g/mol. The zero-order valence-electron chi connectivity index (χ0n) is 17.5. The fourth-order valence-electron chi connectivity index (χ4n) is 3.14. The smallest absolute Gasteiger partial charge is 0.319 e. The molecule has 0 atom stereocenters. The number of hydrogen-bond donors (Lipinski definition) is 3. The lowest BCUT2D eigenvalue weighted by molar-refractivity contribution is 0.254. The van der Waals surface area contributed by atoms with E-state index in [0.29, 0.717) is 40.2 Å². The van der Waals surface area contributed by atoms with Gasteiger partial charge in [0.1, 0.15) is 5.82 Å². The Labute approximate surface area is 201 Å². The molecule has 3 rings (SSSR count). The van der Waals surface area contributed by atoms with E-state index in [1.807, 2.05) is 36.6 Å². The van der Waals surface area contributed by atoms with Gasteiger partial charge in [0, 0.05) is 35.3 Å². The summed E-state index contributed by atoms with van der Waals surface area (Å²) in [5.41, 5.74) is 13.5. The Hall–Kier alpha value is -2.68. The van der Waals surface area contributed by atoms with Crippen molar-refractivity contribution in [2.24, 2.45) is 5.73 Å². The first-order chi connectivity index (χ1) is 15.4. The molecule has 0 aliphatic heterocycles. The summed E-state index contributed by atoms with van der Waals surface area (Å²) >= 11 is 14.1. The summed E-state index contributed by atoms with van der Waals surface area (Å²) in [6.07, 6.45) is 3.56. The highest BCUT2D eigenvalue weighted by molar-refractivity contribution is 7.98. The van der Waals surface area contributed by atoms with Gasteiger partial charge in [-0.3, -0.25) is 4.90 Å². The molecule has 0 spiro atoms. The first-order valence-electron chi connectivity index (χ1n) is 9.93. The maximum atomic E-state index is 11.9. The molecule has 168 valence electrons. The van der Waals surface area contributed by atoms with E-state index >= 15 is 0 Å². The van der Waals surface area contributed by atoms with Gasteiger partial charge in [-0.05, 0) is 49.4 Å². The predicted octanol–water partition coefficient (Wildman–Crippen LogP) is 5.53. The van der Waals surface area contributed by atoms with Crippen molar-refractivity contribution in [3.63, 3.8) is 0 Å². The molecular formula is C22H24Cl2N6OS. The Bertz CT molecular complexity index is 1080. The van der Waals surface area contributed by atoms with Crippen LogP contribution >= 0.6 is 35.0 Å². The third kappa shape index (κ3) is 6.18. The number of hydrogen-bond acceptors (Lipinski definition) is 6. The SMILES string of the molecule is CSc1ccc(N(CCCCNc2cc(-c3cccc(Cl)c3Cl)nc(N)n2)C(N)=O)cc1. The summed E-state index contributed by atoms with van der Waals surface area (Å²) in [5, 5.41) is 4.10. The predicted molar refractivity (Wildman–Crippen MR) is 135 cm³/mol. The fraction of sp³-hybridized carbons (Fsp3) is 0.227. The van der Waals surface area contributed by atoms with Crippen LogP contribution in [0.5, 0.6) is 0 Å². The molecule has 0 fully saturated rings. The number of thioether (sulfide) groups is 1. The minimum absolute atomic E-state index is 0.134. The quantitative estimate of drug-likeness (QED) is 0.268. The average Bonchev–Trinajstić information content (AvgIpc) is 2.77. The summed E-state index contributed by atoms with van der Waals surface area (Å²) < 4.78 is 0. The lowest BCUT2D eigenvalue weighted by Crippen LogP contribution is -2.36. The van der Waals surface area contributed by atoms with Crippen LogP contribution in [-0.4, -0.2) is 35.3 Å². The largest absolute Gasteiger partial charge is 0.370 e. The number of nitrogen functional groups attached to an aromatic ring is 1. The number of nitrogens with zero attached hydrogens (tertiary/aromatic N) is 3. The molecule has 32 heavy (non-hydrogen) atoms. The topological polar surface area (TPSA) is 110 Å². The summed E-state index contributed by atoms with van der Waals surface area (Å²) in [5.74, 6) is 0.720. The van der Waals surface area contributed by atoms with Gasteiger partial charge in [0.15, 0.2) is 0 Å². The number of amides is 2. The minimum Gasteiger partial charge on any atom is -0.370 e. The molecule has 0 radical (unpaired) electrons. The zero-order chi connectivity index (χ0) is 23.1. The summed E-state index contributed by atoms with van der Waals surface area (Å²) in [4.78, 5) is 23.1. The number of nitrogens with one attached hydrogen (secondary N) is 1. The van der Waals surface area contributed by atoms with Crippen molar-refractivity contribution in [2.45, 2.75) is 17.7 Å². The van der Waals surface area contributed by atoms with Crippen molar-refractivity contribution in [1.29, 1.82) is 0 Å². The van der Waals surface area contributed by atoms with Gasteiger partial charge < -0.3 is 16.8 Å². The van der Waals surface area contributed by atoms with Gasteiger partial charge in [-0.1, -0.05) is 35.3 Å². The van der Waals surface area contributed by atoms with Crippen molar-refractivity contribution in [2.75, 3.05) is 35.3 Å². The number of primary amides is 1. The molecule has 10 heteroatoms. The van der Waals surface area contributed by atoms with Crippen LogP contribution in [0.25, 0.3) is 11.3 Å². The summed E-state index contributed by atoms with van der Waals surface area (Å²) in [6, 6.07) is 14.4. The van der Waals surface area contributed by atoms with E-state index in [1.54, 1.807) is 34.9 Å². The molecule has 5 N–H and O–H groups in total. The normalized spacial score (nSPS) is 10.7. The van der Waals surface area contributed by atoms with Crippen molar-refractivity contribution in [3.8, 4) is 11.3 Å². The first-order valence-corrected chi connectivity index (χ1v) is 11.9. The van der Waals surface area contributed by atoms with Gasteiger partial charge in [-0.2, -0.15) is 4.98 Å². The van der Waals surface area contributed by atoms with E-state index in [4.69, 9.17) is 34.7 Å². The van der Waals surface area contributed by atoms with Gasteiger partial charge in [-0.25, -0.2) is 9.78 Å². The standard InChI is InChI=1S/C22H24Cl2N6OS/c1-32-15-9-7-14(8-10-15)30(22(26)31)12-3-2-11-27-19-13-18(28-21(25)29-19)16-5-4-6-17(23)20(16)24/h4-10,13H,2-3,11-12H2,1H3,(H2,26,31)(H3,25,27,28,29). The molecule has 0 unspecified atom stereocenters. The van der Waals surface area contributed by atoms with Crippen molar-refractivity contribution in [3.05, 3.63) is 58.6 Å². The number of anilines is 3. The molecule has 7 nitrogen and oxygen atoms in total. The molecule has 0 bridgehead atoms. The Balaban J connectivity index is 1.57. The van der Waals surface area contributed by atoms with Gasteiger partial charge in [0.25, 0.3) is 0 Å². The lowest BCUT2D eigenvalue weighted by atomic mass is 10.1. The van der Waals surface area contributed by atoms with Crippen LogP contribution in [0.2, 0.25) is 10.0 Å². The van der Waals surface area contributed by atoms with Crippen molar-refractivity contribution >= 4 is 58.4 Å². The Kier molecular flexibility index (Phi) is 8.44. The summed E-state index contributed by atoms with van der Waals surface area (Å²) in [7, 11) is 0. The number of urea groups is 1. The monoisotopic (exact) mass is 490 g/mol. The van der Waals surface area contributed by atoms with E-state index < -0.39 is 6.03 Å². The van der Waals surface area contributed by atoms with Crippen LogP contribution in [0.1, 0.15) is 12.8 Å². The van der Waals surface area contributed by atoms with Crippen molar-refractivity contribution < 1.29 is 4.79 Å². The number of aromatic nitrogens is 2. The molecule has 1 aromatic heterocycles. The van der Waals surface area contributed by atoms with Crippen LogP contribution in [0.3, 0.4) is 0 Å². The van der Waals surface area contributed by atoms with E-state index in [0.717, 1.165) is 23.4 Å². The van der Waals surface area contributed by atoms with Gasteiger partial charge in [0.2, 0.25) is 5.95 Å². The molecule has 0 aliphatic rings. The second kappa shape index (κ2) is 11.3. The molecule has 1 heterocycles. The zero-order valence-corrected chi connectivity index (χ0v) is 19.8. The van der Waals surface area contributed by atoms with Crippen LogP contribution in [0.4, 0.5) is 22.2 Å². The summed E-state index contributed by atoms with van der Waals surface area (Å²) in [6.45, 7) is 1.15. The molecule has 2 amide bonds. The molecule has 3 aromatic rings. The minimum atomic E-state index is -0.471. The first kappa shape index (κ1) is 24.0. The number of carbonyl (C=O) groups excluding carboxylic acids is 1. The third-order valence-electron chi connectivity index (χ3n) is 4.74. The van der Waals surface area contributed by atoms with Crippen LogP contribution < -0.4 is 21.7 Å². The molecular weight excluding hydrogens is 467 g/mol. The molecule has 0 aliphatic carbocycles. The van der Waals surface area contributed by atoms with E-state index in [1.165, 1.54) is 0 Å². The molecule has 0 saturated heterocycles. The number of nitrogens with two attached hydrogens (primary N) is 2. The number of unbranched alkanes of at least 4 members (excludes halogenated alkanes) is 1. The number of carbonyl (C=O) groups is 1. The van der Waals surface area contributed by atoms with E-state index in [-0.39, 0.29) is 5.95 Å². The Morgan fingerprint density at radius 2 is 1.88 bits per heavy atom. The third-order valence-corrected chi connectivity index (χ3v) is 6.30. The number of halogens is 2. The van der Waals surface area contributed by atoms with Gasteiger partial charge >= 0.3 is 6.03 Å². The second-order valence-corrected chi connectivity index (χ2v) is 8.58. The molecule has 0 saturated carbocycles. The number of benzene rings is 2. The lowest BCUT2D eigenvalue weighted by Gasteiger charge is -2.20. The maximum absolute atomic E-state index is 11.9. The number of rotatable bonds is 9. The van der Waals surface area contributed by atoms with Gasteiger partial charge in [0.05, 0.1) is 15.7 Å². The highest BCUT2D eigenvalue weighted by Gasteiger charge is 2.13. The van der Waals surface area contributed by atoms with E-state index in [2.05, 4.69) is 15.3 Å². The molecule has 2 aromatic carbocycles. The second-order valence-electron chi connectivity index (χ2n) is 6.92. The Morgan fingerprint density at radius 3 is 2.56 bits per heavy atom. The fourth-order valence-corrected chi connectivity index (χ4v) is 3.94. The van der Waals surface area contributed by atoms with Crippen molar-refractivity contribution in [1.82, 2.24) is 9.97 Å². The van der Waals surface area contributed by atoms with E-state index in [9.17, 15) is 4.79 Å². The maximum Gasteiger partial charge on any atom is 0.319 e. The highest BCUT2D eigenvalue weighted by Crippen LogP contribution is 2.33. The Morgan fingerprint density at radius 1 is 1.12 bits per heavy atom. The highest BCUT2D eigenvalue weighted by atomic mass is 35.5.